The quantitative estimate of drug-likeness (QED) is 0.123. The van der Waals surface area contributed by atoms with Crippen LogP contribution in [0.25, 0.3) is 83.2 Å². The molecule has 1 radical (unpaired) electrons. The van der Waals surface area contributed by atoms with Gasteiger partial charge in [0.25, 0.3) is 0 Å². The molecule has 0 aliphatic rings. The number of hydrogen-bond donors (Lipinski definition) is 0. The molecule has 0 atom stereocenters. The Bertz CT molecular complexity index is 3200. The van der Waals surface area contributed by atoms with E-state index in [-0.39, 0.29) is 20.1 Å². The molecule has 0 bridgehead atoms. The SMILES string of the molecule is [2H]C([2H])(c1cc(-c2[c-]cccc2)nc[c]1[Ge]([CH3])([CH3])[CH3])C(C)(C)C.[Ir].[c-]1ccc2c(oc3ccccc32)c1-c1nc2ccccc2n1-c1c(-c2ccccc2)ccc2ccccc12. The summed E-state index contributed by atoms with van der Waals surface area (Å²) in [5.74, 6) is 7.67. The predicted octanol–water partition coefficient (Wildman–Crippen LogP) is 13.9. The van der Waals surface area contributed by atoms with Crippen molar-refractivity contribution in [3.8, 4) is 39.5 Å². The van der Waals surface area contributed by atoms with Crippen molar-refractivity contribution < 1.29 is 27.3 Å². The average Bonchev–Trinajstić information content (AvgIpc) is 3.85. The first-order chi connectivity index (χ1) is 29.3. The minimum absolute atomic E-state index is 0. The van der Waals surface area contributed by atoms with Crippen molar-refractivity contribution in [2.45, 2.75) is 44.4 Å². The minimum Gasteiger partial charge on any atom is -0.501 e. The van der Waals surface area contributed by atoms with Crippen LogP contribution in [0, 0.1) is 17.5 Å². The zero-order chi connectivity index (χ0) is 42.5. The first-order valence-electron chi connectivity index (χ1n) is 21.2. The van der Waals surface area contributed by atoms with Crippen molar-refractivity contribution in [1.82, 2.24) is 14.5 Å². The van der Waals surface area contributed by atoms with Crippen molar-refractivity contribution in [2.75, 3.05) is 0 Å². The van der Waals surface area contributed by atoms with E-state index in [1.807, 2.05) is 87.6 Å². The van der Waals surface area contributed by atoms with Gasteiger partial charge < -0.3 is 8.98 Å². The van der Waals surface area contributed by atoms with Gasteiger partial charge in [-0.2, -0.15) is 0 Å². The smallest absolute Gasteiger partial charge is 0.120 e. The van der Waals surface area contributed by atoms with Crippen LogP contribution >= 0.6 is 0 Å². The third-order valence-electron chi connectivity index (χ3n) is 10.5. The molecule has 0 fully saturated rings. The summed E-state index contributed by atoms with van der Waals surface area (Å²) in [5, 5.41) is 4.50. The molecule has 3 heterocycles. The number of pyridine rings is 1. The second kappa shape index (κ2) is 16.8. The Balaban J connectivity index is 0.000000191. The van der Waals surface area contributed by atoms with Crippen LogP contribution in [-0.2, 0) is 26.5 Å². The van der Waals surface area contributed by atoms with Gasteiger partial charge >= 0.3 is 135 Å². The van der Waals surface area contributed by atoms with E-state index < -0.39 is 25.1 Å². The molecule has 0 spiro atoms. The maximum absolute atomic E-state index is 8.76. The molecule has 0 unspecified atom stereocenters. The Labute approximate surface area is 371 Å². The van der Waals surface area contributed by atoms with E-state index in [0.29, 0.717) is 0 Å². The summed E-state index contributed by atoms with van der Waals surface area (Å²) in [7, 11) is 0. The molecule has 4 nitrogen and oxygen atoms in total. The Morgan fingerprint density at radius 1 is 0.717 bits per heavy atom. The Morgan fingerprint density at radius 2 is 1.43 bits per heavy atom. The Hall–Kier alpha value is -5.59. The second-order valence-corrected chi connectivity index (χ2v) is 27.6. The number of rotatable bonds is 6. The van der Waals surface area contributed by atoms with Gasteiger partial charge in [0.15, 0.2) is 0 Å². The second-order valence-electron chi connectivity index (χ2n) is 17.0. The normalized spacial score (nSPS) is 12.5. The minimum atomic E-state index is -2.24. The van der Waals surface area contributed by atoms with Gasteiger partial charge in [0.2, 0.25) is 0 Å². The van der Waals surface area contributed by atoms with Crippen molar-refractivity contribution in [1.29, 1.82) is 0 Å². The number of hydrogen-bond acceptors (Lipinski definition) is 3. The van der Waals surface area contributed by atoms with Gasteiger partial charge in [0.1, 0.15) is 5.58 Å². The van der Waals surface area contributed by atoms with Gasteiger partial charge in [-0.15, -0.1) is 18.2 Å². The summed E-state index contributed by atoms with van der Waals surface area (Å²) in [5.41, 5.74) is 9.90. The maximum Gasteiger partial charge on any atom is 0.120 e. The first-order valence-corrected chi connectivity index (χ1v) is 27.5. The monoisotopic (exact) mass is 1020 g/mol. The van der Waals surface area contributed by atoms with E-state index in [2.05, 4.69) is 136 Å². The fourth-order valence-electron chi connectivity index (χ4n) is 7.88. The first kappa shape index (κ1) is 38.6. The van der Waals surface area contributed by atoms with Gasteiger partial charge in [-0.3, -0.25) is 4.98 Å². The third kappa shape index (κ3) is 8.15. The molecule has 60 heavy (non-hydrogen) atoms. The number of para-hydroxylation sites is 3. The summed E-state index contributed by atoms with van der Waals surface area (Å²) in [6.45, 7) is 5.88. The number of nitrogens with zero attached hydrogens (tertiary/aromatic N) is 3. The molecular weight excluding hydrogens is 971 g/mol. The van der Waals surface area contributed by atoms with Crippen LogP contribution in [0.4, 0.5) is 0 Å². The van der Waals surface area contributed by atoms with E-state index in [9.17, 15) is 0 Å². The van der Waals surface area contributed by atoms with Gasteiger partial charge in [0.05, 0.1) is 28.1 Å². The molecule has 7 aromatic carbocycles. The van der Waals surface area contributed by atoms with Crippen molar-refractivity contribution in [3.05, 3.63) is 182 Å². The molecule has 6 heteroatoms. The Kier molecular flexibility index (Phi) is 10.8. The molecule has 3 aromatic heterocycles. The van der Waals surface area contributed by atoms with E-state index in [1.165, 1.54) is 5.39 Å². The van der Waals surface area contributed by atoms with Crippen LogP contribution in [0.3, 0.4) is 0 Å². The van der Waals surface area contributed by atoms with Crippen LogP contribution in [0.15, 0.2) is 168 Å². The summed E-state index contributed by atoms with van der Waals surface area (Å²) in [6, 6.07) is 60.4. The average molecular weight is 1020 g/mol. The zero-order valence-corrected chi connectivity index (χ0v) is 39.2. The zero-order valence-electron chi connectivity index (χ0n) is 36.7. The van der Waals surface area contributed by atoms with Crippen LogP contribution in [0.1, 0.15) is 29.1 Å². The molecule has 0 aliphatic carbocycles. The van der Waals surface area contributed by atoms with Gasteiger partial charge in [-0.25, -0.2) is 0 Å². The fourth-order valence-corrected chi connectivity index (χ4v) is 10.8. The Morgan fingerprint density at radius 3 is 2.20 bits per heavy atom. The fraction of sp³-hybridized carbons (Fsp3) is 0.148. The third-order valence-corrected chi connectivity index (χ3v) is 14.8. The van der Waals surface area contributed by atoms with Crippen molar-refractivity contribution in [3.63, 3.8) is 0 Å². The predicted molar refractivity (Wildman–Crippen MR) is 250 cm³/mol. The summed E-state index contributed by atoms with van der Waals surface area (Å²) < 4.78 is 27.4. The molecule has 0 saturated heterocycles. The van der Waals surface area contributed by atoms with Crippen molar-refractivity contribution in [2.24, 2.45) is 5.41 Å². The van der Waals surface area contributed by atoms with Crippen LogP contribution in [-0.4, -0.2) is 27.8 Å². The molecule has 10 rings (SSSR count). The van der Waals surface area contributed by atoms with Crippen LogP contribution in [0.2, 0.25) is 17.3 Å². The van der Waals surface area contributed by atoms with Crippen molar-refractivity contribution >= 4 is 61.4 Å². The molecule has 0 aliphatic heterocycles. The molecule has 0 N–H and O–H groups in total. The molecule has 10 aromatic rings. The number of benzene rings is 7. The molecule has 0 amide bonds. The number of fused-ring (bicyclic) bond motifs is 5. The van der Waals surface area contributed by atoms with Crippen LogP contribution < -0.4 is 4.40 Å². The topological polar surface area (TPSA) is 43.9 Å². The van der Waals surface area contributed by atoms with Gasteiger partial charge in [-0.1, -0.05) is 108 Å². The standard InChI is InChI=1S/C35H21N2O.C19H26GeN.Ir/c1-2-11-23(12-3-1)26-22-21-24-13-4-5-14-25(24)33(26)37-31-19-8-7-18-30(31)36-35(37)29-17-10-16-28-27-15-6-9-20-32(27)38-34(28)29;1-19(2,3)13-16-12-18(15-10-8-7-9-11-15)21-14-17(16)20(4,5)6;/h1-16,18-22H;7-10,12,14H,13H2,1-6H3;/q2*-1;/i;13D2;. The number of furan rings is 1. The molecular formula is C54H47GeIrN3O-2. The largest absolute Gasteiger partial charge is 0.501 e. The summed E-state index contributed by atoms with van der Waals surface area (Å²) in [6.07, 6.45) is 0.502. The van der Waals surface area contributed by atoms with E-state index in [4.69, 9.17) is 12.1 Å². The molecule has 0 saturated carbocycles. The number of imidazole rings is 1. The van der Waals surface area contributed by atoms with Crippen LogP contribution in [0.5, 0.6) is 0 Å². The molecule has 299 valence electrons. The van der Waals surface area contributed by atoms with Gasteiger partial charge in [-0.05, 0) is 29.1 Å². The maximum atomic E-state index is 8.76. The number of aromatic nitrogens is 3. The van der Waals surface area contributed by atoms with E-state index in [1.54, 1.807) is 0 Å². The summed E-state index contributed by atoms with van der Waals surface area (Å²) >= 11 is -2.24. The summed E-state index contributed by atoms with van der Waals surface area (Å²) in [4.78, 5) is 9.81. The van der Waals surface area contributed by atoms with E-state index >= 15 is 0 Å². The van der Waals surface area contributed by atoms with Gasteiger partial charge in [0, 0.05) is 36.4 Å². The van der Waals surface area contributed by atoms with E-state index in [0.717, 1.165) is 87.8 Å².